The summed E-state index contributed by atoms with van der Waals surface area (Å²) < 4.78 is 16.9. The third-order valence-corrected chi connectivity index (χ3v) is 4.44. The molecule has 7 heteroatoms. The van der Waals surface area contributed by atoms with Crippen LogP contribution in [0.15, 0.2) is 40.9 Å². The first kappa shape index (κ1) is 19.9. The molecule has 2 aromatic carbocycles. The van der Waals surface area contributed by atoms with E-state index in [-0.39, 0.29) is 12.1 Å². The maximum atomic E-state index is 12.4. The maximum Gasteiger partial charge on any atom is 0.319 e. The molecule has 140 valence electrons. The fourth-order valence-corrected chi connectivity index (χ4v) is 2.86. The molecule has 1 unspecified atom stereocenters. The summed E-state index contributed by atoms with van der Waals surface area (Å²) in [7, 11) is 4.59. The minimum Gasteiger partial charge on any atom is -0.493 e. The first-order chi connectivity index (χ1) is 12.5. The molecule has 0 heterocycles. The number of rotatable bonds is 7. The Labute approximate surface area is 162 Å². The van der Waals surface area contributed by atoms with Gasteiger partial charge in [0, 0.05) is 16.6 Å². The lowest BCUT2D eigenvalue weighted by molar-refractivity contribution is 0.248. The van der Waals surface area contributed by atoms with Crippen molar-refractivity contribution in [3.05, 3.63) is 46.4 Å². The van der Waals surface area contributed by atoms with Crippen LogP contribution >= 0.6 is 15.9 Å². The van der Waals surface area contributed by atoms with Crippen molar-refractivity contribution in [2.24, 2.45) is 0 Å². The van der Waals surface area contributed by atoms with Crippen LogP contribution < -0.4 is 24.8 Å². The van der Waals surface area contributed by atoms with Crippen molar-refractivity contribution in [1.29, 1.82) is 0 Å². The first-order valence-electron chi connectivity index (χ1n) is 8.15. The van der Waals surface area contributed by atoms with Gasteiger partial charge in [0.15, 0.2) is 11.5 Å². The minimum atomic E-state index is -0.311. The Morgan fingerprint density at radius 2 is 1.62 bits per heavy atom. The molecule has 26 heavy (non-hydrogen) atoms. The number of nitrogens with one attached hydrogen (secondary N) is 2. The topological polar surface area (TPSA) is 68.8 Å². The first-order valence-corrected chi connectivity index (χ1v) is 8.94. The lowest BCUT2D eigenvalue weighted by Gasteiger charge is -2.19. The van der Waals surface area contributed by atoms with Gasteiger partial charge in [-0.1, -0.05) is 35.0 Å². The third-order valence-electron chi connectivity index (χ3n) is 3.91. The zero-order valence-electron chi connectivity index (χ0n) is 15.3. The van der Waals surface area contributed by atoms with Gasteiger partial charge in [-0.05, 0) is 24.1 Å². The Morgan fingerprint density at radius 1 is 1.04 bits per heavy atom. The van der Waals surface area contributed by atoms with Crippen molar-refractivity contribution >= 4 is 27.6 Å². The average Bonchev–Trinajstić information content (AvgIpc) is 2.65. The highest BCUT2D eigenvalue weighted by atomic mass is 79.9. The van der Waals surface area contributed by atoms with Crippen LogP contribution in [0, 0.1) is 0 Å². The van der Waals surface area contributed by atoms with Crippen LogP contribution in [0.2, 0.25) is 0 Å². The van der Waals surface area contributed by atoms with Crippen molar-refractivity contribution in [2.75, 3.05) is 26.6 Å². The van der Waals surface area contributed by atoms with Gasteiger partial charge in [-0.3, -0.25) is 0 Å². The van der Waals surface area contributed by atoms with E-state index in [4.69, 9.17) is 14.2 Å². The zero-order chi connectivity index (χ0) is 19.1. The van der Waals surface area contributed by atoms with Crippen LogP contribution in [-0.4, -0.2) is 27.4 Å². The van der Waals surface area contributed by atoms with Crippen LogP contribution in [0.3, 0.4) is 0 Å². The lowest BCUT2D eigenvalue weighted by Crippen LogP contribution is -2.32. The standard InChI is InChI=1S/C19H23BrN2O4/c1-5-15(12-6-8-13(20)9-7-12)22-19(23)21-14-10-16(24-2)18(26-4)17(11-14)25-3/h6-11,15H,5H2,1-4H3,(H2,21,22,23). The highest BCUT2D eigenvalue weighted by Crippen LogP contribution is 2.39. The molecule has 0 aromatic heterocycles. The second kappa shape index (κ2) is 9.33. The van der Waals surface area contributed by atoms with Crippen LogP contribution in [0.4, 0.5) is 10.5 Å². The number of anilines is 1. The molecule has 6 nitrogen and oxygen atoms in total. The number of ether oxygens (including phenoxy) is 3. The SMILES string of the molecule is CCC(NC(=O)Nc1cc(OC)c(OC)c(OC)c1)c1ccc(Br)cc1. The van der Waals surface area contributed by atoms with Crippen molar-refractivity contribution in [2.45, 2.75) is 19.4 Å². The molecule has 0 saturated heterocycles. The number of hydrogen-bond donors (Lipinski definition) is 2. The van der Waals surface area contributed by atoms with E-state index in [0.29, 0.717) is 22.9 Å². The predicted molar refractivity (Wildman–Crippen MR) is 105 cm³/mol. The fourth-order valence-electron chi connectivity index (χ4n) is 2.59. The molecule has 0 aliphatic carbocycles. The summed E-state index contributed by atoms with van der Waals surface area (Å²) in [5.74, 6) is 1.42. The van der Waals surface area contributed by atoms with Crippen molar-refractivity contribution < 1.29 is 19.0 Å². The summed E-state index contributed by atoms with van der Waals surface area (Å²) in [6.45, 7) is 2.02. The van der Waals surface area contributed by atoms with Gasteiger partial charge in [-0.2, -0.15) is 0 Å². The molecule has 2 amide bonds. The van der Waals surface area contributed by atoms with Gasteiger partial charge in [-0.15, -0.1) is 0 Å². The Morgan fingerprint density at radius 3 is 2.08 bits per heavy atom. The molecule has 0 saturated carbocycles. The molecule has 1 atom stereocenters. The smallest absolute Gasteiger partial charge is 0.319 e. The second-order valence-corrected chi connectivity index (χ2v) is 6.44. The van der Waals surface area contributed by atoms with Gasteiger partial charge >= 0.3 is 6.03 Å². The molecular weight excluding hydrogens is 400 g/mol. The monoisotopic (exact) mass is 422 g/mol. The molecule has 0 aliphatic heterocycles. The number of halogens is 1. The van der Waals surface area contributed by atoms with E-state index in [0.717, 1.165) is 16.5 Å². The summed E-state index contributed by atoms with van der Waals surface area (Å²) in [6.07, 6.45) is 0.768. The van der Waals surface area contributed by atoms with E-state index >= 15 is 0 Å². The fraction of sp³-hybridized carbons (Fsp3) is 0.316. The van der Waals surface area contributed by atoms with Crippen LogP contribution in [0.1, 0.15) is 24.9 Å². The maximum absolute atomic E-state index is 12.4. The Kier molecular flexibility index (Phi) is 7.15. The Bertz CT molecular complexity index is 725. The molecule has 2 rings (SSSR count). The van der Waals surface area contributed by atoms with Crippen LogP contribution in [0.25, 0.3) is 0 Å². The summed E-state index contributed by atoms with van der Waals surface area (Å²) in [6, 6.07) is 10.8. The van der Waals surface area contributed by atoms with E-state index in [1.54, 1.807) is 12.1 Å². The Balaban J connectivity index is 2.14. The molecule has 0 bridgehead atoms. The van der Waals surface area contributed by atoms with Gasteiger partial charge in [0.25, 0.3) is 0 Å². The largest absolute Gasteiger partial charge is 0.493 e. The highest BCUT2D eigenvalue weighted by Gasteiger charge is 2.16. The number of carbonyl (C=O) groups is 1. The lowest BCUT2D eigenvalue weighted by atomic mass is 10.1. The number of methoxy groups -OCH3 is 3. The van der Waals surface area contributed by atoms with Crippen molar-refractivity contribution in [3.63, 3.8) is 0 Å². The molecule has 2 aromatic rings. The molecular formula is C19H23BrN2O4. The van der Waals surface area contributed by atoms with E-state index < -0.39 is 0 Å². The molecule has 0 spiro atoms. The quantitative estimate of drug-likeness (QED) is 0.675. The number of carbonyl (C=O) groups excluding carboxylic acids is 1. The summed E-state index contributed by atoms with van der Waals surface area (Å²) in [4.78, 5) is 12.4. The molecule has 2 N–H and O–H groups in total. The van der Waals surface area contributed by atoms with Gasteiger partial charge in [0.05, 0.1) is 33.1 Å². The van der Waals surface area contributed by atoms with Gasteiger partial charge in [0.1, 0.15) is 0 Å². The zero-order valence-corrected chi connectivity index (χ0v) is 16.8. The van der Waals surface area contributed by atoms with Crippen LogP contribution in [0.5, 0.6) is 17.2 Å². The van der Waals surface area contributed by atoms with Crippen molar-refractivity contribution in [1.82, 2.24) is 5.32 Å². The number of hydrogen-bond acceptors (Lipinski definition) is 4. The molecule has 0 radical (unpaired) electrons. The number of urea groups is 1. The summed E-state index contributed by atoms with van der Waals surface area (Å²) in [5.41, 5.74) is 1.58. The molecule has 0 aliphatic rings. The van der Waals surface area contributed by atoms with Gasteiger partial charge in [0.2, 0.25) is 5.75 Å². The van der Waals surface area contributed by atoms with E-state index in [2.05, 4.69) is 26.6 Å². The van der Waals surface area contributed by atoms with E-state index in [1.807, 2.05) is 31.2 Å². The normalized spacial score (nSPS) is 11.4. The van der Waals surface area contributed by atoms with Crippen LogP contribution in [-0.2, 0) is 0 Å². The predicted octanol–water partition coefficient (Wildman–Crippen LogP) is 4.75. The van der Waals surface area contributed by atoms with Gasteiger partial charge in [-0.25, -0.2) is 4.79 Å². The Hall–Kier alpha value is -2.41. The minimum absolute atomic E-state index is 0.0925. The summed E-state index contributed by atoms with van der Waals surface area (Å²) in [5, 5.41) is 5.79. The highest BCUT2D eigenvalue weighted by molar-refractivity contribution is 9.10. The third kappa shape index (κ3) is 4.82. The van der Waals surface area contributed by atoms with E-state index in [9.17, 15) is 4.79 Å². The number of benzene rings is 2. The second-order valence-electron chi connectivity index (χ2n) is 5.52. The van der Waals surface area contributed by atoms with E-state index in [1.165, 1.54) is 21.3 Å². The summed E-state index contributed by atoms with van der Waals surface area (Å²) >= 11 is 3.42. The average molecular weight is 423 g/mol. The molecule has 0 fully saturated rings. The van der Waals surface area contributed by atoms with Crippen molar-refractivity contribution in [3.8, 4) is 17.2 Å². The number of amides is 2. The van der Waals surface area contributed by atoms with Gasteiger partial charge < -0.3 is 24.8 Å².